The summed E-state index contributed by atoms with van der Waals surface area (Å²) in [6.45, 7) is 0. The van der Waals surface area contributed by atoms with Crippen LogP contribution >= 0.6 is 11.6 Å². The molecule has 0 saturated heterocycles. The fourth-order valence-electron chi connectivity index (χ4n) is 0.812. The number of rotatable bonds is 1. The molecule has 0 atom stereocenters. The Morgan fingerprint density at radius 2 is 1.86 bits per heavy atom. The first-order valence-electron chi connectivity index (χ1n) is 3.28. The van der Waals surface area contributed by atoms with Crippen molar-refractivity contribution in [3.63, 3.8) is 0 Å². The monoisotopic (exact) mass is 245 g/mol. The van der Waals surface area contributed by atoms with E-state index in [1.807, 2.05) is 0 Å². The van der Waals surface area contributed by atoms with Crippen molar-refractivity contribution in [2.45, 2.75) is 6.18 Å². The van der Waals surface area contributed by atoms with Gasteiger partial charge in [-0.05, 0) is 18.2 Å². The van der Waals surface area contributed by atoms with Crippen LogP contribution in [0, 0.1) is 0 Å². The van der Waals surface area contributed by atoms with Gasteiger partial charge >= 0.3 is 6.18 Å². The van der Waals surface area contributed by atoms with Gasteiger partial charge in [0.1, 0.15) is 0 Å². The van der Waals surface area contributed by atoms with Crippen molar-refractivity contribution in [3.05, 3.63) is 28.8 Å². The minimum absolute atomic E-state index is 0. The van der Waals surface area contributed by atoms with Gasteiger partial charge in [0.2, 0.25) is 0 Å². The van der Waals surface area contributed by atoms with Gasteiger partial charge in [-0.3, -0.25) is 5.84 Å². The van der Waals surface area contributed by atoms with E-state index in [4.69, 9.17) is 17.4 Å². The summed E-state index contributed by atoms with van der Waals surface area (Å²) in [6.07, 6.45) is -4.38. The van der Waals surface area contributed by atoms with E-state index in [0.29, 0.717) is 0 Å². The van der Waals surface area contributed by atoms with Gasteiger partial charge in [0, 0.05) is 0 Å². The number of alkyl halides is 3. The lowest BCUT2D eigenvalue weighted by atomic mass is 10.2. The van der Waals surface area contributed by atoms with Crippen LogP contribution in [0.4, 0.5) is 18.9 Å². The zero-order chi connectivity index (χ0) is 10.1. The molecule has 80 valence electrons. The predicted octanol–water partition coefficient (Wildman–Crippen LogP) is -0.352. The smallest absolute Gasteiger partial charge is 0.416 e. The first-order valence-corrected chi connectivity index (χ1v) is 3.66. The highest BCUT2D eigenvalue weighted by molar-refractivity contribution is 6.33. The highest BCUT2D eigenvalue weighted by Gasteiger charge is 2.30. The van der Waals surface area contributed by atoms with E-state index in [-0.39, 0.29) is 23.1 Å². The first-order chi connectivity index (χ1) is 5.95. The van der Waals surface area contributed by atoms with Crippen LogP contribution in [0.1, 0.15) is 5.56 Å². The van der Waals surface area contributed by atoms with Crippen LogP contribution in [0.2, 0.25) is 5.02 Å². The Balaban J connectivity index is 0.00000169. The molecule has 1 aromatic carbocycles. The summed E-state index contributed by atoms with van der Waals surface area (Å²) in [7, 11) is 0. The summed E-state index contributed by atoms with van der Waals surface area (Å²) in [6, 6.07) is 2.88. The number of hydrogen-bond donors (Lipinski definition) is 2. The van der Waals surface area contributed by atoms with Gasteiger partial charge in [-0.25, -0.2) is 0 Å². The van der Waals surface area contributed by atoms with Crippen molar-refractivity contribution < 1.29 is 25.6 Å². The van der Waals surface area contributed by atoms with Crippen LogP contribution in [0.5, 0.6) is 0 Å². The molecule has 0 bridgehead atoms. The number of nitrogen functional groups attached to an aromatic ring is 1. The fraction of sp³-hybridized carbons (Fsp3) is 0.143. The molecule has 1 aromatic rings. The Morgan fingerprint density at radius 3 is 2.29 bits per heavy atom. The average molecular weight is 246 g/mol. The number of anilines is 1. The number of halogens is 5. The Kier molecular flexibility index (Phi) is 4.51. The lowest BCUT2D eigenvalue weighted by Crippen LogP contribution is -3.00. The van der Waals surface area contributed by atoms with Crippen molar-refractivity contribution >= 4 is 17.3 Å². The second-order valence-corrected chi connectivity index (χ2v) is 2.74. The largest absolute Gasteiger partial charge is 1.00 e. The zero-order valence-corrected chi connectivity index (χ0v) is 8.21. The molecule has 7 heteroatoms. The SMILES string of the molecule is NNc1cc(C(F)(F)F)ccc1Cl.[Cl-]. The first kappa shape index (κ1) is 13.4. The molecule has 1 rings (SSSR count). The van der Waals surface area contributed by atoms with Gasteiger partial charge in [-0.1, -0.05) is 11.6 Å². The summed E-state index contributed by atoms with van der Waals surface area (Å²) >= 11 is 5.54. The van der Waals surface area contributed by atoms with Crippen molar-refractivity contribution in [1.29, 1.82) is 0 Å². The van der Waals surface area contributed by atoms with E-state index in [0.717, 1.165) is 18.2 Å². The fourth-order valence-corrected chi connectivity index (χ4v) is 0.984. The molecular weight excluding hydrogens is 240 g/mol. The molecule has 0 unspecified atom stereocenters. The van der Waals surface area contributed by atoms with E-state index < -0.39 is 11.7 Å². The molecular formula is C7H6Cl2F3N2-. The van der Waals surface area contributed by atoms with Crippen molar-refractivity contribution in [1.82, 2.24) is 0 Å². The van der Waals surface area contributed by atoms with Crippen molar-refractivity contribution in [2.24, 2.45) is 5.84 Å². The Bertz CT molecular complexity index is 314. The zero-order valence-electron chi connectivity index (χ0n) is 6.70. The Hall–Kier alpha value is -0.650. The molecule has 0 aliphatic carbocycles. The highest BCUT2D eigenvalue weighted by Crippen LogP contribution is 2.33. The van der Waals surface area contributed by atoms with E-state index in [2.05, 4.69) is 5.43 Å². The maximum Gasteiger partial charge on any atom is 0.416 e. The van der Waals surface area contributed by atoms with Crippen molar-refractivity contribution in [2.75, 3.05) is 5.43 Å². The third kappa shape index (κ3) is 2.94. The Morgan fingerprint density at radius 1 is 1.29 bits per heavy atom. The molecule has 0 saturated carbocycles. The molecule has 0 heterocycles. The minimum Gasteiger partial charge on any atom is -1.00 e. The highest BCUT2D eigenvalue weighted by atomic mass is 35.5. The van der Waals surface area contributed by atoms with E-state index in [9.17, 15) is 13.2 Å². The van der Waals surface area contributed by atoms with E-state index in [1.165, 1.54) is 0 Å². The maximum atomic E-state index is 12.1. The summed E-state index contributed by atoms with van der Waals surface area (Å²) < 4.78 is 36.4. The number of benzene rings is 1. The van der Waals surface area contributed by atoms with Gasteiger partial charge in [0.25, 0.3) is 0 Å². The van der Waals surface area contributed by atoms with Crippen LogP contribution in [0.15, 0.2) is 18.2 Å². The third-order valence-electron chi connectivity index (χ3n) is 1.45. The molecule has 0 spiro atoms. The molecule has 0 radical (unpaired) electrons. The molecule has 0 fully saturated rings. The van der Waals surface area contributed by atoms with E-state index >= 15 is 0 Å². The molecule has 0 amide bonds. The molecule has 0 aliphatic heterocycles. The second-order valence-electron chi connectivity index (χ2n) is 2.34. The molecule has 0 aliphatic rings. The summed E-state index contributed by atoms with van der Waals surface area (Å²) in [5, 5.41) is 0.149. The van der Waals surface area contributed by atoms with Gasteiger partial charge in [0.05, 0.1) is 16.3 Å². The Labute approximate surface area is 89.6 Å². The predicted molar refractivity (Wildman–Crippen MR) is 44.3 cm³/mol. The summed E-state index contributed by atoms with van der Waals surface area (Å²) in [5.41, 5.74) is 1.34. The summed E-state index contributed by atoms with van der Waals surface area (Å²) in [4.78, 5) is 0. The lowest BCUT2D eigenvalue weighted by Gasteiger charge is -2.09. The van der Waals surface area contributed by atoms with Gasteiger partial charge in [0.15, 0.2) is 0 Å². The average Bonchev–Trinajstić information content (AvgIpc) is 2.03. The molecule has 14 heavy (non-hydrogen) atoms. The van der Waals surface area contributed by atoms with Gasteiger partial charge in [-0.15, -0.1) is 0 Å². The number of nitrogens with two attached hydrogens (primary N) is 1. The van der Waals surface area contributed by atoms with Crippen LogP contribution in [-0.4, -0.2) is 0 Å². The number of hydrazine groups is 1. The van der Waals surface area contributed by atoms with Gasteiger partial charge < -0.3 is 17.8 Å². The third-order valence-corrected chi connectivity index (χ3v) is 1.78. The normalized spacial score (nSPS) is 10.6. The quantitative estimate of drug-likeness (QED) is 0.525. The number of hydrogen-bond acceptors (Lipinski definition) is 2. The number of nitrogens with one attached hydrogen (secondary N) is 1. The minimum atomic E-state index is -4.38. The van der Waals surface area contributed by atoms with Crippen LogP contribution < -0.4 is 23.7 Å². The van der Waals surface area contributed by atoms with Crippen LogP contribution in [0.25, 0.3) is 0 Å². The van der Waals surface area contributed by atoms with Gasteiger partial charge in [-0.2, -0.15) is 13.2 Å². The maximum absolute atomic E-state index is 12.1. The summed E-state index contributed by atoms with van der Waals surface area (Å²) in [5.74, 6) is 4.96. The van der Waals surface area contributed by atoms with Crippen LogP contribution in [0.3, 0.4) is 0 Å². The topological polar surface area (TPSA) is 38.0 Å². The molecule has 3 N–H and O–H groups in total. The van der Waals surface area contributed by atoms with Crippen molar-refractivity contribution in [3.8, 4) is 0 Å². The molecule has 2 nitrogen and oxygen atoms in total. The van der Waals surface area contributed by atoms with E-state index in [1.54, 1.807) is 0 Å². The molecule has 0 aromatic heterocycles. The van der Waals surface area contributed by atoms with Crippen LogP contribution in [-0.2, 0) is 6.18 Å². The lowest BCUT2D eigenvalue weighted by molar-refractivity contribution is -0.137. The standard InChI is InChI=1S/C7H6ClF3N2.ClH/c8-5-2-1-4(7(9,10)11)3-6(5)13-12;/h1-3,13H,12H2;1H/p-1. The second kappa shape index (κ2) is 4.72.